The summed E-state index contributed by atoms with van der Waals surface area (Å²) in [5.74, 6) is 1.64. The summed E-state index contributed by atoms with van der Waals surface area (Å²) >= 11 is 0. The largest absolute Gasteiger partial charge is 0.490 e. The van der Waals surface area contributed by atoms with Gasteiger partial charge in [0.15, 0.2) is 11.5 Å². The monoisotopic (exact) mass is 1080 g/mol. The first-order chi connectivity index (χ1) is 38.8. The third kappa shape index (κ3) is 27.1. The molecule has 0 radical (unpaired) electrons. The van der Waals surface area contributed by atoms with E-state index in [-0.39, 0.29) is 5.57 Å². The molecular weight excluding hydrogens is 981 g/mol. The van der Waals surface area contributed by atoms with Crippen LogP contribution in [0.25, 0.3) is 30.4 Å². The van der Waals surface area contributed by atoms with Crippen molar-refractivity contribution < 1.29 is 33.3 Å². The highest BCUT2D eigenvalue weighted by atomic mass is 16.5. The molecule has 0 bridgehead atoms. The van der Waals surface area contributed by atoms with Gasteiger partial charge in [0.25, 0.3) is 11.8 Å². The minimum atomic E-state index is -0.814. The highest BCUT2D eigenvalue weighted by Crippen LogP contribution is 2.40. The Morgan fingerprint density at radius 3 is 1.01 bits per heavy atom. The van der Waals surface area contributed by atoms with Crippen molar-refractivity contribution in [3.8, 4) is 23.0 Å². The average molecular weight is 1080 g/mol. The highest BCUT2D eigenvalue weighted by Gasteiger charge is 2.27. The second kappa shape index (κ2) is 40.1. The predicted octanol–water partition coefficient (Wildman–Crippen LogP) is 19.3. The zero-order valence-electron chi connectivity index (χ0n) is 48.9. The van der Waals surface area contributed by atoms with Gasteiger partial charge >= 0.3 is 6.03 Å². The lowest BCUT2D eigenvalue weighted by molar-refractivity contribution is -0.123. The molecule has 1 aliphatic rings. The van der Waals surface area contributed by atoms with Gasteiger partial charge in [-0.15, -0.1) is 0 Å². The molecular formula is C70H98N2O7. The zero-order chi connectivity index (χ0) is 55.8. The van der Waals surface area contributed by atoms with Crippen LogP contribution in [0.2, 0.25) is 0 Å². The van der Waals surface area contributed by atoms with E-state index >= 15 is 0 Å². The van der Waals surface area contributed by atoms with Gasteiger partial charge in [0, 0.05) is 0 Å². The van der Waals surface area contributed by atoms with Crippen molar-refractivity contribution in [3.63, 3.8) is 0 Å². The third-order valence-corrected chi connectivity index (χ3v) is 14.7. The maximum absolute atomic E-state index is 12.1. The normalized spacial score (nSPS) is 12.6. The maximum Gasteiger partial charge on any atom is 0.328 e. The van der Waals surface area contributed by atoms with E-state index in [1.807, 2.05) is 48.6 Å². The number of rotatable bonds is 44. The number of imide groups is 2. The molecule has 4 aromatic carbocycles. The van der Waals surface area contributed by atoms with Crippen molar-refractivity contribution >= 4 is 48.2 Å². The van der Waals surface area contributed by atoms with Crippen molar-refractivity contribution in [2.24, 2.45) is 0 Å². The van der Waals surface area contributed by atoms with E-state index in [0.29, 0.717) is 32.0 Å². The number of nitrogens with one attached hydrogen (secondary N) is 2. The van der Waals surface area contributed by atoms with Gasteiger partial charge in [0.1, 0.15) is 17.9 Å². The van der Waals surface area contributed by atoms with E-state index in [4.69, 9.17) is 18.9 Å². The van der Waals surface area contributed by atoms with Gasteiger partial charge in [-0.3, -0.25) is 20.2 Å². The minimum Gasteiger partial charge on any atom is -0.490 e. The van der Waals surface area contributed by atoms with Crippen LogP contribution in [0.15, 0.2) is 90.5 Å². The molecule has 4 aromatic rings. The Bertz CT molecular complexity index is 2330. The van der Waals surface area contributed by atoms with Crippen LogP contribution in [0.5, 0.6) is 23.0 Å². The summed E-state index contributed by atoms with van der Waals surface area (Å²) in [6.45, 7) is 9.18. The van der Waals surface area contributed by atoms with Crippen LogP contribution in [0.1, 0.15) is 247 Å². The van der Waals surface area contributed by atoms with Gasteiger partial charge in [-0.1, -0.05) is 279 Å². The van der Waals surface area contributed by atoms with Crippen LogP contribution in [0.4, 0.5) is 4.79 Å². The molecule has 0 aliphatic carbocycles. The smallest absolute Gasteiger partial charge is 0.328 e. The quantitative estimate of drug-likeness (QED) is 0.0196. The molecule has 0 aromatic heterocycles. The average Bonchev–Trinajstić information content (AvgIpc) is 3.47. The van der Waals surface area contributed by atoms with Crippen molar-refractivity contribution in [1.82, 2.24) is 10.6 Å². The Kier molecular flexibility index (Phi) is 32.4. The number of ether oxygens (including phenoxy) is 4. The molecule has 9 heteroatoms. The van der Waals surface area contributed by atoms with Crippen molar-refractivity contribution in [2.75, 3.05) is 19.8 Å². The topological polar surface area (TPSA) is 112 Å². The SMILES string of the molecule is CCCCCCCCCCCCOc1cc(COc2ccc(/C=C/c3ccc(/C=C/c4ccc(C=C5C(=O)NC(=O)NC5=O)cc4)cc3)cc2)cc(OCCCCCCCCCCCC)c1OCCCCCCCCCCCC. The van der Waals surface area contributed by atoms with Gasteiger partial charge in [0.2, 0.25) is 5.75 Å². The molecule has 1 fully saturated rings. The van der Waals surface area contributed by atoms with Crippen molar-refractivity contribution in [1.29, 1.82) is 0 Å². The lowest BCUT2D eigenvalue weighted by Gasteiger charge is -2.19. The number of benzene rings is 4. The first kappa shape index (κ1) is 63.7. The van der Waals surface area contributed by atoms with Crippen LogP contribution in [0, 0.1) is 0 Å². The summed E-state index contributed by atoms with van der Waals surface area (Å²) in [6, 6.07) is 27.4. The molecule has 0 atom stereocenters. The molecule has 430 valence electrons. The molecule has 1 saturated heterocycles. The molecule has 5 rings (SSSR count). The Balaban J connectivity index is 1.17. The predicted molar refractivity (Wildman–Crippen MR) is 330 cm³/mol. The van der Waals surface area contributed by atoms with Gasteiger partial charge in [-0.2, -0.15) is 0 Å². The number of urea groups is 1. The van der Waals surface area contributed by atoms with Crippen molar-refractivity contribution in [3.05, 3.63) is 124 Å². The van der Waals surface area contributed by atoms with E-state index in [1.165, 1.54) is 179 Å². The second-order valence-corrected chi connectivity index (χ2v) is 21.7. The van der Waals surface area contributed by atoms with E-state index < -0.39 is 17.8 Å². The molecule has 1 heterocycles. The van der Waals surface area contributed by atoms with E-state index in [2.05, 4.69) is 92.1 Å². The minimum absolute atomic E-state index is 0.111. The van der Waals surface area contributed by atoms with Gasteiger partial charge in [0.05, 0.1) is 19.8 Å². The number of unbranched alkanes of at least 4 members (excludes halogenated alkanes) is 27. The highest BCUT2D eigenvalue weighted by molar-refractivity contribution is 6.31. The summed E-state index contributed by atoms with van der Waals surface area (Å²) in [5, 5.41) is 4.19. The number of carbonyl (C=O) groups excluding carboxylic acids is 3. The van der Waals surface area contributed by atoms with Crippen LogP contribution in [-0.2, 0) is 16.2 Å². The molecule has 0 unspecified atom stereocenters. The number of amides is 4. The summed E-state index contributed by atoms with van der Waals surface area (Å²) in [4.78, 5) is 35.5. The first-order valence-corrected chi connectivity index (χ1v) is 31.1. The first-order valence-electron chi connectivity index (χ1n) is 31.1. The Morgan fingerprint density at radius 2 is 0.658 bits per heavy atom. The summed E-state index contributed by atoms with van der Waals surface area (Å²) < 4.78 is 26.4. The number of hydrogen-bond donors (Lipinski definition) is 2. The van der Waals surface area contributed by atoms with Crippen molar-refractivity contribution in [2.45, 2.75) is 220 Å². The number of carbonyl (C=O) groups is 3. The summed E-state index contributed by atoms with van der Waals surface area (Å²) in [5.41, 5.74) is 5.74. The zero-order valence-corrected chi connectivity index (χ0v) is 48.9. The Morgan fingerprint density at radius 1 is 0.354 bits per heavy atom. The standard InChI is InChI=1S/C70H98N2O7/c1-4-7-10-13-16-19-22-25-28-31-50-76-65-54-62(55-66(77-51-32-29-26-23-20-17-14-11-8-5-2)67(65)78-52-33-30-27-24-21-18-15-12-9-6-3)56-79-63-48-46-60(47-49-63)41-40-58-36-34-57(35-37-58)38-39-59-42-44-61(45-43-59)53-64-68(73)71-70(75)72-69(64)74/h34-49,53-55H,4-33,50-52,56H2,1-3H3,(H2,71,72,73,74,75)/b39-38+,41-40+. The van der Waals surface area contributed by atoms with Crippen LogP contribution in [0.3, 0.4) is 0 Å². The van der Waals surface area contributed by atoms with Gasteiger partial charge in [-0.25, -0.2) is 4.79 Å². The molecule has 9 nitrogen and oxygen atoms in total. The van der Waals surface area contributed by atoms with Crippen LogP contribution >= 0.6 is 0 Å². The van der Waals surface area contributed by atoms with Crippen LogP contribution < -0.4 is 29.6 Å². The van der Waals surface area contributed by atoms with Gasteiger partial charge in [-0.05, 0) is 83.0 Å². The van der Waals surface area contributed by atoms with E-state index in [1.54, 1.807) is 0 Å². The second-order valence-electron chi connectivity index (χ2n) is 21.7. The fourth-order valence-electron chi connectivity index (χ4n) is 9.80. The van der Waals surface area contributed by atoms with E-state index in [9.17, 15) is 14.4 Å². The molecule has 0 spiro atoms. The summed E-state index contributed by atoms with van der Waals surface area (Å²) in [6.07, 6.45) is 48.2. The molecule has 79 heavy (non-hydrogen) atoms. The van der Waals surface area contributed by atoms with Crippen LogP contribution in [-0.4, -0.2) is 37.7 Å². The Labute approximate surface area is 476 Å². The molecule has 0 saturated carbocycles. The molecule has 4 amide bonds. The number of barbiturate groups is 1. The Hall–Kier alpha value is -6.09. The van der Waals surface area contributed by atoms with Gasteiger partial charge < -0.3 is 18.9 Å². The summed E-state index contributed by atoms with van der Waals surface area (Å²) in [7, 11) is 0. The fraction of sp³-hybridized carbons (Fsp3) is 0.529. The third-order valence-electron chi connectivity index (χ3n) is 14.7. The maximum atomic E-state index is 12.1. The lowest BCUT2D eigenvalue weighted by Crippen LogP contribution is -2.51. The van der Waals surface area contributed by atoms with E-state index in [0.717, 1.165) is 70.1 Å². The fourth-order valence-corrected chi connectivity index (χ4v) is 9.80. The lowest BCUT2D eigenvalue weighted by atomic mass is 10.1. The number of hydrogen-bond acceptors (Lipinski definition) is 7. The molecule has 1 aliphatic heterocycles. The molecule has 2 N–H and O–H groups in total.